The Morgan fingerprint density at radius 2 is 2.00 bits per heavy atom. The van der Waals surface area contributed by atoms with Crippen LogP contribution in [0.1, 0.15) is 62.7 Å². The summed E-state index contributed by atoms with van der Waals surface area (Å²) in [5.41, 5.74) is 0.258. The number of fused-ring (bicyclic) bond motifs is 1. The number of carbonyl (C=O) groups excluding carboxylic acids is 2. The first-order valence-corrected chi connectivity index (χ1v) is 10.7. The van der Waals surface area contributed by atoms with Crippen LogP contribution in [-0.4, -0.2) is 41.9 Å². The highest BCUT2D eigenvalue weighted by Gasteiger charge is 2.43. The van der Waals surface area contributed by atoms with Crippen LogP contribution in [0.4, 0.5) is 0 Å². The van der Waals surface area contributed by atoms with E-state index in [1.165, 1.54) is 6.42 Å². The number of piperidine rings is 1. The van der Waals surface area contributed by atoms with E-state index in [-0.39, 0.29) is 17.2 Å². The Kier molecular flexibility index (Phi) is 5.07. The summed E-state index contributed by atoms with van der Waals surface area (Å²) in [5.74, 6) is 0.796. The van der Waals surface area contributed by atoms with Gasteiger partial charge in [0.15, 0.2) is 0 Å². The molecule has 2 fully saturated rings. The summed E-state index contributed by atoms with van der Waals surface area (Å²) in [6, 6.07) is 5.18. The molecular formula is C22H29ClN2O3. The van der Waals surface area contributed by atoms with Crippen molar-refractivity contribution < 1.29 is 14.3 Å². The summed E-state index contributed by atoms with van der Waals surface area (Å²) < 4.78 is 6.35. The van der Waals surface area contributed by atoms with Crippen molar-refractivity contribution in [3.8, 4) is 5.75 Å². The summed E-state index contributed by atoms with van der Waals surface area (Å²) >= 11 is 6.04. The molecule has 0 atom stereocenters. The van der Waals surface area contributed by atoms with Crippen molar-refractivity contribution in [2.75, 3.05) is 19.6 Å². The van der Waals surface area contributed by atoms with Crippen LogP contribution in [0.3, 0.4) is 0 Å². The average Bonchev–Trinajstić information content (AvgIpc) is 2.79. The van der Waals surface area contributed by atoms with Crippen LogP contribution in [0, 0.1) is 11.3 Å². The maximum Gasteiger partial charge on any atom is 0.255 e. The van der Waals surface area contributed by atoms with E-state index >= 15 is 0 Å². The molecule has 1 saturated carbocycles. The number of rotatable bonds is 1. The highest BCUT2D eigenvalue weighted by atomic mass is 35.5. The summed E-state index contributed by atoms with van der Waals surface area (Å²) in [6.45, 7) is 6.69. The van der Waals surface area contributed by atoms with Crippen molar-refractivity contribution >= 4 is 23.4 Å². The molecule has 4 rings (SSSR count). The standard InChI is InChI=1S/C22H29ClN2O3/c1-21(2)8-3-11-25(14-21)20(27)15-6-9-22(10-7-15)13-24-19(26)17-12-16(23)4-5-18(17)28-22/h4-5,12,15H,3,6-11,13-14H2,1-2H3,(H,24,26). The minimum atomic E-state index is -0.438. The van der Waals surface area contributed by atoms with Gasteiger partial charge in [-0.15, -0.1) is 0 Å². The maximum absolute atomic E-state index is 13.1. The van der Waals surface area contributed by atoms with Gasteiger partial charge in [0.1, 0.15) is 11.4 Å². The second-order valence-corrected chi connectivity index (χ2v) is 9.85. The Labute approximate surface area is 171 Å². The van der Waals surface area contributed by atoms with Crippen LogP contribution in [0.2, 0.25) is 5.02 Å². The van der Waals surface area contributed by atoms with E-state index in [1.807, 2.05) is 0 Å². The van der Waals surface area contributed by atoms with Gasteiger partial charge in [-0.1, -0.05) is 25.4 Å². The minimum Gasteiger partial charge on any atom is -0.485 e. The third-order valence-corrected chi connectivity index (χ3v) is 6.78. The lowest BCUT2D eigenvalue weighted by Crippen LogP contribution is -2.51. The third-order valence-electron chi connectivity index (χ3n) is 6.54. The molecule has 1 spiro atoms. The predicted molar refractivity (Wildman–Crippen MR) is 109 cm³/mol. The zero-order chi connectivity index (χ0) is 19.9. The number of hydrogen-bond donors (Lipinski definition) is 1. The Hall–Kier alpha value is -1.75. The molecule has 1 N–H and O–H groups in total. The van der Waals surface area contributed by atoms with Gasteiger partial charge in [-0.25, -0.2) is 0 Å². The molecule has 1 saturated heterocycles. The van der Waals surface area contributed by atoms with Crippen molar-refractivity contribution in [1.29, 1.82) is 0 Å². The monoisotopic (exact) mass is 404 g/mol. The fourth-order valence-electron chi connectivity index (χ4n) is 4.91. The second kappa shape index (κ2) is 7.25. The van der Waals surface area contributed by atoms with Gasteiger partial charge in [-0.05, 0) is 62.1 Å². The molecule has 2 amide bonds. The highest BCUT2D eigenvalue weighted by Crippen LogP contribution is 2.40. The number of ether oxygens (including phenoxy) is 1. The fourth-order valence-corrected chi connectivity index (χ4v) is 5.09. The molecule has 5 nitrogen and oxygen atoms in total. The average molecular weight is 405 g/mol. The third kappa shape index (κ3) is 3.86. The van der Waals surface area contributed by atoms with Crippen LogP contribution >= 0.6 is 11.6 Å². The number of halogens is 1. The SMILES string of the molecule is CC1(C)CCCN(C(=O)C2CCC3(CC2)CNC(=O)c2cc(Cl)ccc2O3)C1. The van der Waals surface area contributed by atoms with Crippen molar-refractivity contribution in [2.24, 2.45) is 11.3 Å². The van der Waals surface area contributed by atoms with Crippen molar-refractivity contribution in [3.63, 3.8) is 0 Å². The van der Waals surface area contributed by atoms with Gasteiger partial charge in [0.05, 0.1) is 12.1 Å². The van der Waals surface area contributed by atoms with E-state index in [0.29, 0.717) is 28.8 Å². The molecule has 152 valence electrons. The van der Waals surface area contributed by atoms with Crippen molar-refractivity contribution in [3.05, 3.63) is 28.8 Å². The van der Waals surface area contributed by atoms with Crippen molar-refractivity contribution in [1.82, 2.24) is 10.2 Å². The second-order valence-electron chi connectivity index (χ2n) is 9.41. The first kappa shape index (κ1) is 19.6. The number of carbonyl (C=O) groups is 2. The van der Waals surface area contributed by atoms with Gasteiger partial charge in [0.2, 0.25) is 5.91 Å². The summed E-state index contributed by atoms with van der Waals surface area (Å²) in [7, 11) is 0. The van der Waals surface area contributed by atoms with E-state index in [0.717, 1.165) is 45.2 Å². The lowest BCUT2D eigenvalue weighted by molar-refractivity contribution is -0.141. The van der Waals surface area contributed by atoms with Crippen LogP contribution in [-0.2, 0) is 4.79 Å². The molecule has 6 heteroatoms. The quantitative estimate of drug-likeness (QED) is 0.768. The Morgan fingerprint density at radius 3 is 2.71 bits per heavy atom. The molecule has 0 unspecified atom stereocenters. The van der Waals surface area contributed by atoms with E-state index in [1.54, 1.807) is 18.2 Å². The van der Waals surface area contributed by atoms with E-state index in [4.69, 9.17) is 16.3 Å². The Morgan fingerprint density at radius 1 is 1.25 bits per heavy atom. The van der Waals surface area contributed by atoms with Gasteiger partial charge in [-0.3, -0.25) is 9.59 Å². The normalized spacial score (nSPS) is 29.5. The lowest BCUT2D eigenvalue weighted by atomic mass is 9.77. The molecular weight excluding hydrogens is 376 g/mol. The van der Waals surface area contributed by atoms with Crippen LogP contribution in [0.25, 0.3) is 0 Å². The van der Waals surface area contributed by atoms with Gasteiger partial charge >= 0.3 is 0 Å². The molecule has 3 aliphatic rings. The number of nitrogens with zero attached hydrogens (tertiary/aromatic N) is 1. The lowest BCUT2D eigenvalue weighted by Gasteiger charge is -2.43. The largest absolute Gasteiger partial charge is 0.485 e. The number of hydrogen-bond acceptors (Lipinski definition) is 3. The highest BCUT2D eigenvalue weighted by molar-refractivity contribution is 6.31. The molecule has 28 heavy (non-hydrogen) atoms. The summed E-state index contributed by atoms with van der Waals surface area (Å²) in [6.07, 6.45) is 5.40. The van der Waals surface area contributed by atoms with Crippen molar-refractivity contribution in [2.45, 2.75) is 58.0 Å². The topological polar surface area (TPSA) is 58.6 Å². The van der Waals surface area contributed by atoms with E-state index < -0.39 is 5.60 Å². The van der Waals surface area contributed by atoms with Crippen LogP contribution in [0.5, 0.6) is 5.75 Å². The first-order valence-electron chi connectivity index (χ1n) is 10.3. The van der Waals surface area contributed by atoms with Gasteiger partial charge in [0.25, 0.3) is 5.91 Å². The predicted octanol–water partition coefficient (Wildman–Crippen LogP) is 4.04. The summed E-state index contributed by atoms with van der Waals surface area (Å²) in [5, 5.41) is 3.51. The number of likely N-dealkylation sites (tertiary alicyclic amines) is 1. The molecule has 0 radical (unpaired) electrons. The van der Waals surface area contributed by atoms with Gasteiger partial charge in [0, 0.05) is 24.0 Å². The zero-order valence-electron chi connectivity index (χ0n) is 16.7. The smallest absolute Gasteiger partial charge is 0.255 e. The van der Waals surface area contributed by atoms with E-state index in [2.05, 4.69) is 24.1 Å². The Bertz CT molecular complexity index is 784. The van der Waals surface area contributed by atoms with Crippen LogP contribution in [0.15, 0.2) is 18.2 Å². The van der Waals surface area contributed by atoms with Gasteiger partial charge in [-0.2, -0.15) is 0 Å². The maximum atomic E-state index is 13.1. The Balaban J connectivity index is 1.44. The molecule has 2 heterocycles. The van der Waals surface area contributed by atoms with Gasteiger partial charge < -0.3 is 15.0 Å². The fraction of sp³-hybridized carbons (Fsp3) is 0.636. The first-order chi connectivity index (χ1) is 13.3. The number of nitrogens with one attached hydrogen (secondary N) is 1. The number of benzene rings is 1. The van der Waals surface area contributed by atoms with E-state index in [9.17, 15) is 9.59 Å². The molecule has 1 aliphatic carbocycles. The summed E-state index contributed by atoms with van der Waals surface area (Å²) in [4.78, 5) is 27.6. The molecule has 2 aliphatic heterocycles. The minimum absolute atomic E-state index is 0.0618. The van der Waals surface area contributed by atoms with Crippen LogP contribution < -0.4 is 10.1 Å². The number of amides is 2. The molecule has 1 aromatic rings. The zero-order valence-corrected chi connectivity index (χ0v) is 17.5. The molecule has 0 aromatic heterocycles. The molecule has 0 bridgehead atoms. The molecule has 1 aromatic carbocycles.